The summed E-state index contributed by atoms with van der Waals surface area (Å²) < 4.78 is 47.9. The van der Waals surface area contributed by atoms with Crippen LogP contribution >= 0.6 is 22.9 Å². The number of anilines is 2. The van der Waals surface area contributed by atoms with E-state index >= 15 is 0 Å². The molecule has 1 fully saturated rings. The van der Waals surface area contributed by atoms with Gasteiger partial charge in [-0.25, -0.2) is 22.8 Å². The minimum Gasteiger partial charge on any atom is -0.487 e. The lowest BCUT2D eigenvalue weighted by Gasteiger charge is -2.11. The molecule has 2 N–H and O–H groups in total. The van der Waals surface area contributed by atoms with E-state index in [1.54, 1.807) is 24.3 Å². The van der Waals surface area contributed by atoms with Gasteiger partial charge < -0.3 is 14.8 Å². The normalized spacial score (nSPS) is 16.5. The maximum Gasteiger partial charge on any atom is 0.307 e. The van der Waals surface area contributed by atoms with Gasteiger partial charge in [0.15, 0.2) is 5.82 Å². The number of ether oxygens (including phenoxy) is 2. The average Bonchev–Trinajstić information content (AvgIpc) is 3.57. The van der Waals surface area contributed by atoms with Crippen molar-refractivity contribution < 1.29 is 27.1 Å². The second-order valence-electron chi connectivity index (χ2n) is 9.69. The molecule has 0 spiro atoms. The molecule has 2 aromatic carbocycles. The average molecular weight is 629 g/mol. The Balaban J connectivity index is 1.20. The Labute approximate surface area is 251 Å². The molecule has 1 aliphatic heterocycles. The Bertz CT molecular complexity index is 1790. The smallest absolute Gasteiger partial charge is 0.307 e. The second kappa shape index (κ2) is 13.0. The fourth-order valence-electron chi connectivity index (χ4n) is 4.20. The van der Waals surface area contributed by atoms with E-state index in [9.17, 15) is 17.6 Å². The molecule has 9 nitrogen and oxygen atoms in total. The maximum atomic E-state index is 13.4. The molecule has 0 bridgehead atoms. The number of esters is 1. The van der Waals surface area contributed by atoms with Crippen molar-refractivity contribution in [3.63, 3.8) is 0 Å². The van der Waals surface area contributed by atoms with Crippen LogP contribution in [0, 0.1) is 17.7 Å². The number of carbonyl (C=O) groups is 1. The Morgan fingerprint density at radius 2 is 2.10 bits per heavy atom. The largest absolute Gasteiger partial charge is 0.487 e. The van der Waals surface area contributed by atoms with Crippen molar-refractivity contribution >= 4 is 60.5 Å². The number of hydrogen-bond acceptors (Lipinski definition) is 10. The van der Waals surface area contributed by atoms with Gasteiger partial charge in [-0.1, -0.05) is 35.6 Å². The first kappa shape index (κ1) is 29.7. The van der Waals surface area contributed by atoms with E-state index in [0.29, 0.717) is 40.8 Å². The van der Waals surface area contributed by atoms with Crippen LogP contribution in [-0.4, -0.2) is 55.1 Å². The molecule has 1 aliphatic rings. The Hall–Kier alpha value is -3.76. The van der Waals surface area contributed by atoms with Gasteiger partial charge in [-0.05, 0) is 42.0 Å². The third-order valence-corrected chi connectivity index (χ3v) is 8.51. The molecule has 0 radical (unpaired) electrons. The highest BCUT2D eigenvalue weighted by atomic mass is 35.5. The lowest BCUT2D eigenvalue weighted by molar-refractivity contribution is -0.147. The number of nitrogens with one attached hydrogen (secondary N) is 2. The monoisotopic (exact) mass is 628 g/mol. The summed E-state index contributed by atoms with van der Waals surface area (Å²) in [6.45, 7) is 0.635. The summed E-state index contributed by atoms with van der Waals surface area (Å²) in [5, 5.41) is 6.88. The molecule has 0 aliphatic carbocycles. The summed E-state index contributed by atoms with van der Waals surface area (Å²) in [5.74, 6) is 6.32. The minimum atomic E-state index is -3.22. The molecule has 5 rings (SSSR count). The van der Waals surface area contributed by atoms with E-state index in [0.717, 1.165) is 21.3 Å². The summed E-state index contributed by atoms with van der Waals surface area (Å²) in [4.78, 5) is 21.5. The molecule has 0 saturated carbocycles. The van der Waals surface area contributed by atoms with Gasteiger partial charge in [0.2, 0.25) is 0 Å². The predicted molar refractivity (Wildman–Crippen MR) is 160 cm³/mol. The third-order valence-electron chi connectivity index (χ3n) is 6.22. The molecule has 3 heterocycles. The van der Waals surface area contributed by atoms with Crippen LogP contribution in [0.15, 0.2) is 54.9 Å². The Kier molecular flexibility index (Phi) is 9.23. The third kappa shape index (κ3) is 8.17. The van der Waals surface area contributed by atoms with E-state index in [4.69, 9.17) is 21.1 Å². The van der Waals surface area contributed by atoms with E-state index in [1.807, 2.05) is 12.1 Å². The molecule has 2 atom stereocenters. The van der Waals surface area contributed by atoms with Gasteiger partial charge in [-0.3, -0.25) is 10.1 Å². The van der Waals surface area contributed by atoms with Crippen LogP contribution in [0.2, 0.25) is 5.02 Å². The van der Waals surface area contributed by atoms with Crippen LogP contribution in [0.5, 0.6) is 5.75 Å². The Morgan fingerprint density at radius 3 is 2.88 bits per heavy atom. The van der Waals surface area contributed by atoms with Crippen molar-refractivity contribution in [1.29, 1.82) is 0 Å². The fraction of sp³-hybridized carbons (Fsp3) is 0.276. The number of carbonyl (C=O) groups excluding carboxylic acids is 1. The van der Waals surface area contributed by atoms with Gasteiger partial charge in [0, 0.05) is 24.9 Å². The molecule has 2 aromatic heterocycles. The van der Waals surface area contributed by atoms with Gasteiger partial charge in [0.1, 0.15) is 40.4 Å². The molecule has 42 heavy (non-hydrogen) atoms. The first-order valence-corrected chi connectivity index (χ1v) is 16.2. The van der Waals surface area contributed by atoms with Crippen molar-refractivity contribution in [2.24, 2.45) is 0 Å². The number of hydrogen-bond donors (Lipinski definition) is 2. The highest BCUT2D eigenvalue weighted by Crippen LogP contribution is 2.33. The van der Waals surface area contributed by atoms with Gasteiger partial charge in [-0.2, -0.15) is 0 Å². The van der Waals surface area contributed by atoms with Gasteiger partial charge in [0.25, 0.3) is 0 Å². The summed E-state index contributed by atoms with van der Waals surface area (Å²) in [5.41, 5.74) is 2.13. The highest BCUT2D eigenvalue weighted by Gasteiger charge is 2.26. The number of halogens is 2. The number of fused-ring (bicyclic) bond motifs is 1. The summed E-state index contributed by atoms with van der Waals surface area (Å²) >= 11 is 7.89. The molecule has 218 valence electrons. The SMILES string of the molecule is CS(=O)(=O)CCC(=O)OC1CNC(C#Cc2cc3ncnc(Nc4ccc(OCc5cccc(F)c5)c(Cl)c4)c3s2)C1. The predicted octanol–water partition coefficient (Wildman–Crippen LogP) is 4.87. The van der Waals surface area contributed by atoms with Crippen LogP contribution in [0.3, 0.4) is 0 Å². The topological polar surface area (TPSA) is 120 Å². The lowest BCUT2D eigenvalue weighted by Crippen LogP contribution is -2.22. The van der Waals surface area contributed by atoms with E-state index in [1.165, 1.54) is 29.8 Å². The van der Waals surface area contributed by atoms with Crippen LogP contribution in [-0.2, 0) is 26.0 Å². The van der Waals surface area contributed by atoms with Crippen LogP contribution < -0.4 is 15.4 Å². The van der Waals surface area contributed by atoms with Gasteiger partial charge in [-0.15, -0.1) is 11.3 Å². The maximum absolute atomic E-state index is 13.4. The van der Waals surface area contributed by atoms with Gasteiger partial charge >= 0.3 is 5.97 Å². The van der Waals surface area contributed by atoms with Crippen molar-refractivity contribution in [2.75, 3.05) is 23.9 Å². The van der Waals surface area contributed by atoms with Crippen LogP contribution in [0.25, 0.3) is 10.2 Å². The molecule has 1 saturated heterocycles. The first-order chi connectivity index (χ1) is 20.1. The zero-order valence-electron chi connectivity index (χ0n) is 22.4. The number of sulfone groups is 1. The standard InChI is InChI=1S/C29H26ClFN4O5S2/c1-42(37,38)10-9-27(36)40-22-12-20(32-15-22)5-7-23-14-25-28(41-23)29(34-17-33-25)35-21-6-8-26(24(30)13-21)39-16-18-3-2-4-19(31)11-18/h2-4,6,8,11,13-14,17,20,22,32H,9-10,12,15-16H2,1H3,(H,33,34,35). The molecule has 2 unspecified atom stereocenters. The summed E-state index contributed by atoms with van der Waals surface area (Å²) in [6.07, 6.45) is 2.55. The van der Waals surface area contributed by atoms with E-state index < -0.39 is 15.8 Å². The zero-order valence-corrected chi connectivity index (χ0v) is 24.8. The summed E-state index contributed by atoms with van der Waals surface area (Å²) in [6, 6.07) is 13.2. The van der Waals surface area contributed by atoms with Crippen molar-refractivity contribution in [3.05, 3.63) is 76.1 Å². The van der Waals surface area contributed by atoms with Crippen molar-refractivity contribution in [2.45, 2.75) is 31.6 Å². The van der Waals surface area contributed by atoms with Crippen LogP contribution in [0.4, 0.5) is 15.9 Å². The number of rotatable bonds is 9. The molecular formula is C29H26ClFN4O5S2. The van der Waals surface area contributed by atoms with Crippen LogP contribution in [0.1, 0.15) is 23.3 Å². The van der Waals surface area contributed by atoms with E-state index in [2.05, 4.69) is 32.4 Å². The van der Waals surface area contributed by atoms with Crippen molar-refractivity contribution in [3.8, 4) is 17.6 Å². The minimum absolute atomic E-state index is 0.161. The second-order valence-corrected chi connectivity index (χ2v) is 13.4. The number of benzene rings is 2. The number of aromatic nitrogens is 2. The Morgan fingerprint density at radius 1 is 1.24 bits per heavy atom. The molecule has 0 amide bonds. The molecule has 13 heteroatoms. The molecular weight excluding hydrogens is 603 g/mol. The highest BCUT2D eigenvalue weighted by molar-refractivity contribution is 7.90. The number of thiophene rings is 1. The number of nitrogens with zero attached hydrogens (tertiary/aromatic N) is 2. The van der Waals surface area contributed by atoms with Gasteiger partial charge in [0.05, 0.1) is 38.3 Å². The zero-order chi connectivity index (χ0) is 29.7. The first-order valence-electron chi connectivity index (χ1n) is 12.9. The fourth-order valence-corrected chi connectivity index (χ4v) is 5.89. The molecule has 4 aromatic rings. The van der Waals surface area contributed by atoms with Crippen molar-refractivity contribution in [1.82, 2.24) is 15.3 Å². The lowest BCUT2D eigenvalue weighted by atomic mass is 10.2. The van der Waals surface area contributed by atoms with E-state index in [-0.39, 0.29) is 36.7 Å². The quantitative estimate of drug-likeness (QED) is 0.198. The summed E-state index contributed by atoms with van der Waals surface area (Å²) in [7, 11) is -3.22.